The van der Waals surface area contributed by atoms with Gasteiger partial charge in [-0.05, 0) is 36.2 Å². The van der Waals surface area contributed by atoms with Gasteiger partial charge >= 0.3 is 0 Å². The molecule has 0 atom stereocenters. The number of nitrogens with zero attached hydrogens (tertiary/aromatic N) is 4. The fourth-order valence-electron chi connectivity index (χ4n) is 3.60. The Hall–Kier alpha value is -1.58. The second-order valence-electron chi connectivity index (χ2n) is 8.96. The molecular weight excluding hydrogens is 284 g/mol. The number of aromatic nitrogens is 4. The molecule has 1 aliphatic carbocycles. The molecule has 0 aliphatic heterocycles. The Bertz CT molecular complexity index is 666. The maximum Gasteiger partial charge on any atom is 0.0947 e. The van der Waals surface area contributed by atoms with Gasteiger partial charge in [-0.15, -0.1) is 0 Å². The van der Waals surface area contributed by atoms with E-state index in [1.54, 1.807) is 0 Å². The summed E-state index contributed by atoms with van der Waals surface area (Å²) in [6.07, 6.45) is 12.0. The van der Waals surface area contributed by atoms with Gasteiger partial charge in [-0.25, -0.2) is 4.98 Å². The zero-order valence-electron chi connectivity index (χ0n) is 15.4. The van der Waals surface area contributed by atoms with Gasteiger partial charge in [0.15, 0.2) is 0 Å². The summed E-state index contributed by atoms with van der Waals surface area (Å²) in [7, 11) is 2.04. The summed E-state index contributed by atoms with van der Waals surface area (Å²) < 4.78 is 4.23. The Balaban J connectivity index is 1.58. The SMILES string of the molecule is Cn1cnc(C(C)(C)CC2CC(n3cc(C(C)(C)C)cn3)C2)c1. The number of rotatable bonds is 4. The zero-order valence-corrected chi connectivity index (χ0v) is 15.4. The molecule has 1 saturated carbocycles. The molecule has 2 aromatic rings. The van der Waals surface area contributed by atoms with E-state index in [1.165, 1.54) is 30.5 Å². The second kappa shape index (κ2) is 5.50. The third kappa shape index (κ3) is 3.36. The molecule has 2 aromatic heterocycles. The Kier molecular flexibility index (Phi) is 3.89. The van der Waals surface area contributed by atoms with Gasteiger partial charge in [-0.1, -0.05) is 34.6 Å². The van der Waals surface area contributed by atoms with Crippen molar-refractivity contribution in [2.45, 2.75) is 70.8 Å². The minimum absolute atomic E-state index is 0.150. The summed E-state index contributed by atoms with van der Waals surface area (Å²) in [5.41, 5.74) is 2.87. The van der Waals surface area contributed by atoms with E-state index in [0.717, 1.165) is 5.92 Å². The number of aryl methyl sites for hydroxylation is 1. The lowest BCUT2D eigenvalue weighted by molar-refractivity contribution is 0.147. The fraction of sp³-hybridized carbons (Fsp3) is 0.684. The molecule has 0 saturated heterocycles. The summed E-state index contributed by atoms with van der Waals surface area (Å²) in [5, 5.41) is 4.60. The quantitative estimate of drug-likeness (QED) is 0.846. The Morgan fingerprint density at radius 2 is 1.83 bits per heavy atom. The van der Waals surface area contributed by atoms with Gasteiger partial charge in [0.2, 0.25) is 0 Å². The van der Waals surface area contributed by atoms with Gasteiger partial charge in [0.25, 0.3) is 0 Å². The molecule has 4 heteroatoms. The van der Waals surface area contributed by atoms with Crippen LogP contribution in [-0.4, -0.2) is 19.3 Å². The fourth-order valence-corrected chi connectivity index (χ4v) is 3.60. The van der Waals surface area contributed by atoms with Crippen LogP contribution in [0.15, 0.2) is 24.9 Å². The molecule has 0 aromatic carbocycles. The van der Waals surface area contributed by atoms with Gasteiger partial charge < -0.3 is 4.57 Å². The molecule has 4 nitrogen and oxygen atoms in total. The highest BCUT2D eigenvalue weighted by atomic mass is 15.3. The topological polar surface area (TPSA) is 35.6 Å². The predicted molar refractivity (Wildman–Crippen MR) is 93.5 cm³/mol. The van der Waals surface area contributed by atoms with E-state index >= 15 is 0 Å². The summed E-state index contributed by atoms with van der Waals surface area (Å²) in [5.74, 6) is 0.777. The summed E-state index contributed by atoms with van der Waals surface area (Å²) in [4.78, 5) is 4.55. The highest BCUT2D eigenvalue weighted by Crippen LogP contribution is 2.44. The number of hydrogen-bond donors (Lipinski definition) is 0. The van der Waals surface area contributed by atoms with Crippen molar-refractivity contribution in [3.63, 3.8) is 0 Å². The largest absolute Gasteiger partial charge is 0.340 e. The molecule has 0 amide bonds. The molecule has 1 fully saturated rings. The lowest BCUT2D eigenvalue weighted by Gasteiger charge is -2.39. The van der Waals surface area contributed by atoms with Crippen molar-refractivity contribution >= 4 is 0 Å². The van der Waals surface area contributed by atoms with Gasteiger partial charge in [0, 0.05) is 24.9 Å². The van der Waals surface area contributed by atoms with Crippen LogP contribution in [0.2, 0.25) is 0 Å². The molecule has 0 radical (unpaired) electrons. The van der Waals surface area contributed by atoms with E-state index in [2.05, 4.69) is 61.8 Å². The van der Waals surface area contributed by atoms with Crippen LogP contribution >= 0.6 is 0 Å². The molecule has 3 rings (SSSR count). The van der Waals surface area contributed by atoms with Crippen LogP contribution in [0.4, 0.5) is 0 Å². The predicted octanol–water partition coefficient (Wildman–Crippen LogP) is 4.23. The maximum absolute atomic E-state index is 4.60. The van der Waals surface area contributed by atoms with Gasteiger partial charge in [-0.2, -0.15) is 5.10 Å². The Labute approximate surface area is 139 Å². The smallest absolute Gasteiger partial charge is 0.0947 e. The molecular formula is C19H30N4. The van der Waals surface area contributed by atoms with Crippen molar-refractivity contribution < 1.29 is 0 Å². The van der Waals surface area contributed by atoms with Crippen LogP contribution in [0.5, 0.6) is 0 Å². The lowest BCUT2D eigenvalue weighted by atomic mass is 9.70. The summed E-state index contributed by atoms with van der Waals surface area (Å²) >= 11 is 0. The van der Waals surface area contributed by atoms with Crippen LogP contribution in [0, 0.1) is 5.92 Å². The average molecular weight is 314 g/mol. The first kappa shape index (κ1) is 16.3. The third-order valence-corrected chi connectivity index (χ3v) is 5.25. The monoisotopic (exact) mass is 314 g/mol. The van der Waals surface area contributed by atoms with Crippen LogP contribution in [0.3, 0.4) is 0 Å². The molecule has 2 heterocycles. The zero-order chi connectivity index (χ0) is 16.8. The lowest BCUT2D eigenvalue weighted by Crippen LogP contribution is -2.32. The molecule has 126 valence electrons. The molecule has 1 aliphatic rings. The van der Waals surface area contributed by atoms with E-state index in [0.29, 0.717) is 6.04 Å². The van der Waals surface area contributed by atoms with Crippen molar-refractivity contribution in [2.75, 3.05) is 0 Å². The van der Waals surface area contributed by atoms with E-state index in [9.17, 15) is 0 Å². The van der Waals surface area contributed by atoms with Crippen LogP contribution in [0.1, 0.15) is 71.2 Å². The van der Waals surface area contributed by atoms with E-state index < -0.39 is 0 Å². The van der Waals surface area contributed by atoms with Gasteiger partial charge in [-0.3, -0.25) is 4.68 Å². The second-order valence-corrected chi connectivity index (χ2v) is 8.96. The molecule has 23 heavy (non-hydrogen) atoms. The first-order valence-corrected chi connectivity index (χ1v) is 8.68. The Morgan fingerprint density at radius 1 is 1.13 bits per heavy atom. The van der Waals surface area contributed by atoms with Gasteiger partial charge in [0.1, 0.15) is 0 Å². The minimum atomic E-state index is 0.150. The van der Waals surface area contributed by atoms with Crippen LogP contribution < -0.4 is 0 Å². The maximum atomic E-state index is 4.60. The highest BCUT2D eigenvalue weighted by molar-refractivity contribution is 5.16. The van der Waals surface area contributed by atoms with Crippen LogP contribution in [0.25, 0.3) is 0 Å². The van der Waals surface area contributed by atoms with Crippen LogP contribution in [-0.2, 0) is 17.9 Å². The minimum Gasteiger partial charge on any atom is -0.340 e. The third-order valence-electron chi connectivity index (χ3n) is 5.25. The van der Waals surface area contributed by atoms with E-state index in [1.807, 2.05) is 24.1 Å². The Morgan fingerprint density at radius 3 is 2.35 bits per heavy atom. The number of imidazole rings is 1. The molecule has 0 bridgehead atoms. The summed E-state index contributed by atoms with van der Waals surface area (Å²) in [6, 6.07) is 0.579. The molecule has 0 spiro atoms. The first-order chi connectivity index (χ1) is 10.6. The van der Waals surface area contributed by atoms with Gasteiger partial charge in [0.05, 0.1) is 24.3 Å². The highest BCUT2D eigenvalue weighted by Gasteiger charge is 2.36. The normalized spacial score (nSPS) is 22.2. The van der Waals surface area contributed by atoms with Crippen molar-refractivity contribution in [2.24, 2.45) is 13.0 Å². The average Bonchev–Trinajstić information content (AvgIpc) is 3.01. The van der Waals surface area contributed by atoms with Crippen molar-refractivity contribution in [3.05, 3.63) is 36.2 Å². The molecule has 0 unspecified atom stereocenters. The van der Waals surface area contributed by atoms with E-state index in [-0.39, 0.29) is 10.8 Å². The summed E-state index contributed by atoms with van der Waals surface area (Å²) in [6.45, 7) is 11.4. The van der Waals surface area contributed by atoms with Crippen molar-refractivity contribution in [1.82, 2.24) is 19.3 Å². The standard InChI is InChI=1S/C19H30N4/c1-18(2,3)15-10-21-23(11-15)16-7-14(8-16)9-19(4,5)17-12-22(6)13-20-17/h10-14,16H,7-9H2,1-6H3. The first-order valence-electron chi connectivity index (χ1n) is 8.68. The van der Waals surface area contributed by atoms with E-state index in [4.69, 9.17) is 0 Å². The molecule has 0 N–H and O–H groups in total. The number of hydrogen-bond acceptors (Lipinski definition) is 2. The van der Waals surface area contributed by atoms with Crippen molar-refractivity contribution in [1.29, 1.82) is 0 Å². The van der Waals surface area contributed by atoms with Crippen molar-refractivity contribution in [3.8, 4) is 0 Å².